The van der Waals surface area contributed by atoms with E-state index in [4.69, 9.17) is 16.3 Å². The van der Waals surface area contributed by atoms with Crippen LogP contribution in [0.25, 0.3) is 0 Å². The lowest BCUT2D eigenvalue weighted by Crippen LogP contribution is -2.46. The van der Waals surface area contributed by atoms with Crippen molar-refractivity contribution in [3.05, 3.63) is 64.2 Å². The maximum Gasteiger partial charge on any atom is 0.262 e. The molecule has 0 aliphatic carbocycles. The Kier molecular flexibility index (Phi) is 8.21. The average Bonchev–Trinajstić information content (AvgIpc) is 2.68. The van der Waals surface area contributed by atoms with Crippen LogP contribution >= 0.6 is 11.6 Å². The van der Waals surface area contributed by atoms with Crippen molar-refractivity contribution in [1.29, 1.82) is 0 Å². The lowest BCUT2D eigenvalue weighted by Gasteiger charge is -2.19. The second kappa shape index (κ2) is 10.6. The number of ether oxygens (including phenoxy) is 1. The highest BCUT2D eigenvalue weighted by Crippen LogP contribution is 2.15. The number of hydrazone groups is 1. The summed E-state index contributed by atoms with van der Waals surface area (Å²) in [5.41, 5.74) is 4.79. The Morgan fingerprint density at radius 3 is 2.45 bits per heavy atom. The summed E-state index contributed by atoms with van der Waals surface area (Å²) in [5.74, 6) is 0.260. The molecule has 29 heavy (non-hydrogen) atoms. The van der Waals surface area contributed by atoms with E-state index in [0.29, 0.717) is 17.0 Å². The summed E-state index contributed by atoms with van der Waals surface area (Å²) in [6.45, 7) is 5.90. The summed E-state index contributed by atoms with van der Waals surface area (Å²) in [6.07, 6.45) is 2.06. The first-order chi connectivity index (χ1) is 13.8. The Labute approximate surface area is 176 Å². The molecule has 0 radical (unpaired) electrons. The predicted molar refractivity (Wildman–Crippen MR) is 116 cm³/mol. The summed E-state index contributed by atoms with van der Waals surface area (Å²) in [6, 6.07) is 11.4. The molecular weight excluding hydrogens is 390 g/mol. The Morgan fingerprint density at radius 2 is 1.86 bits per heavy atom. The third-order valence-corrected chi connectivity index (χ3v) is 4.54. The van der Waals surface area contributed by atoms with Crippen molar-refractivity contribution < 1.29 is 14.3 Å². The number of benzene rings is 2. The molecule has 0 saturated carbocycles. The fourth-order valence-electron chi connectivity index (χ4n) is 2.71. The van der Waals surface area contributed by atoms with Crippen LogP contribution in [0.4, 0.5) is 0 Å². The van der Waals surface area contributed by atoms with E-state index >= 15 is 0 Å². The van der Waals surface area contributed by atoms with Gasteiger partial charge in [0.25, 0.3) is 11.8 Å². The largest absolute Gasteiger partial charge is 0.497 e. The van der Waals surface area contributed by atoms with E-state index in [1.807, 2.05) is 39.0 Å². The summed E-state index contributed by atoms with van der Waals surface area (Å²) < 4.78 is 5.18. The monoisotopic (exact) mass is 415 g/mol. The number of nitrogens with zero attached hydrogens (tertiary/aromatic N) is 1. The number of halogens is 1. The Bertz CT molecular complexity index is 879. The molecule has 6 nitrogen and oxygen atoms in total. The molecule has 0 aromatic heterocycles. The lowest BCUT2D eigenvalue weighted by molar-refractivity contribution is -0.123. The Hall–Kier alpha value is -2.86. The van der Waals surface area contributed by atoms with Gasteiger partial charge in [-0.1, -0.05) is 25.4 Å². The second-order valence-electron chi connectivity index (χ2n) is 7.12. The molecule has 2 aromatic carbocycles. The maximum absolute atomic E-state index is 12.6. The molecule has 0 bridgehead atoms. The highest BCUT2D eigenvalue weighted by Gasteiger charge is 2.22. The Balaban J connectivity index is 2.04. The molecule has 2 amide bonds. The van der Waals surface area contributed by atoms with E-state index < -0.39 is 6.04 Å². The van der Waals surface area contributed by atoms with Gasteiger partial charge >= 0.3 is 0 Å². The molecule has 2 N–H and O–H groups in total. The highest BCUT2D eigenvalue weighted by molar-refractivity contribution is 6.30. The molecule has 2 aromatic rings. The molecular formula is C22H26ClN3O3. The molecule has 1 atom stereocenters. The number of methoxy groups -OCH3 is 1. The van der Waals surface area contributed by atoms with Crippen LogP contribution in [0.5, 0.6) is 5.75 Å². The van der Waals surface area contributed by atoms with Crippen LogP contribution in [-0.4, -0.2) is 31.2 Å². The van der Waals surface area contributed by atoms with E-state index in [1.165, 1.54) is 0 Å². The molecule has 7 heteroatoms. The third-order valence-electron chi connectivity index (χ3n) is 4.29. The quantitative estimate of drug-likeness (QED) is 0.506. The van der Waals surface area contributed by atoms with Crippen LogP contribution in [0.3, 0.4) is 0 Å². The summed E-state index contributed by atoms with van der Waals surface area (Å²) in [5, 5.41) is 7.36. The van der Waals surface area contributed by atoms with Crippen molar-refractivity contribution in [1.82, 2.24) is 10.7 Å². The van der Waals surface area contributed by atoms with Crippen molar-refractivity contribution >= 4 is 29.6 Å². The van der Waals surface area contributed by atoms with Gasteiger partial charge in [-0.2, -0.15) is 5.10 Å². The number of hydrogen-bond donors (Lipinski definition) is 2. The van der Waals surface area contributed by atoms with E-state index in [1.54, 1.807) is 37.6 Å². The fraction of sp³-hybridized carbons (Fsp3) is 0.318. The number of amides is 2. The fourth-order valence-corrected chi connectivity index (χ4v) is 2.84. The number of rotatable bonds is 8. The van der Waals surface area contributed by atoms with Crippen LogP contribution in [0.1, 0.15) is 41.8 Å². The first-order valence-corrected chi connectivity index (χ1v) is 9.72. The van der Waals surface area contributed by atoms with Crippen molar-refractivity contribution in [2.24, 2.45) is 11.0 Å². The number of hydrogen-bond acceptors (Lipinski definition) is 4. The predicted octanol–water partition coefficient (Wildman–Crippen LogP) is 3.95. The summed E-state index contributed by atoms with van der Waals surface area (Å²) in [4.78, 5) is 25.1. The van der Waals surface area contributed by atoms with Crippen molar-refractivity contribution in [3.8, 4) is 5.75 Å². The normalized spacial score (nSPS) is 12.1. The van der Waals surface area contributed by atoms with E-state index in [-0.39, 0.29) is 17.7 Å². The van der Waals surface area contributed by atoms with Gasteiger partial charge in [0, 0.05) is 10.6 Å². The summed E-state index contributed by atoms with van der Waals surface area (Å²) >= 11 is 5.86. The van der Waals surface area contributed by atoms with Gasteiger partial charge in [0.05, 0.1) is 13.3 Å². The van der Waals surface area contributed by atoms with Crippen LogP contribution < -0.4 is 15.5 Å². The van der Waals surface area contributed by atoms with Crippen molar-refractivity contribution in [2.45, 2.75) is 33.2 Å². The van der Waals surface area contributed by atoms with Crippen molar-refractivity contribution in [2.75, 3.05) is 7.11 Å². The average molecular weight is 416 g/mol. The molecule has 1 unspecified atom stereocenters. The first kappa shape index (κ1) is 22.4. The zero-order valence-corrected chi connectivity index (χ0v) is 17.8. The topological polar surface area (TPSA) is 79.8 Å². The number of aryl methyl sites for hydroxylation is 1. The molecule has 0 fully saturated rings. The van der Waals surface area contributed by atoms with Gasteiger partial charge in [-0.3, -0.25) is 9.59 Å². The third kappa shape index (κ3) is 6.91. The van der Waals surface area contributed by atoms with Gasteiger partial charge < -0.3 is 10.1 Å². The molecule has 2 rings (SSSR count). The van der Waals surface area contributed by atoms with Crippen LogP contribution in [0.2, 0.25) is 5.02 Å². The Morgan fingerprint density at radius 1 is 1.17 bits per heavy atom. The molecule has 154 valence electrons. The zero-order chi connectivity index (χ0) is 21.4. The van der Waals surface area contributed by atoms with E-state index in [0.717, 1.165) is 16.9 Å². The summed E-state index contributed by atoms with van der Waals surface area (Å²) in [7, 11) is 1.61. The maximum atomic E-state index is 12.6. The molecule has 0 spiro atoms. The SMILES string of the molecule is COc1ccc(C=NNC(=O)C(CC(C)C)NC(=O)c2ccc(Cl)cc2)c(C)c1. The number of carbonyl (C=O) groups excluding carboxylic acids is 2. The smallest absolute Gasteiger partial charge is 0.262 e. The zero-order valence-electron chi connectivity index (χ0n) is 17.0. The molecule has 0 aliphatic heterocycles. The minimum Gasteiger partial charge on any atom is -0.497 e. The van der Waals surface area contributed by atoms with Crippen LogP contribution in [0, 0.1) is 12.8 Å². The molecule has 0 saturated heterocycles. The van der Waals surface area contributed by atoms with E-state index in [9.17, 15) is 9.59 Å². The number of nitrogens with one attached hydrogen (secondary N) is 2. The lowest BCUT2D eigenvalue weighted by atomic mass is 10.0. The standard InChI is InChI=1S/C22H26ClN3O3/c1-14(2)11-20(25-21(27)16-5-8-18(23)9-6-16)22(28)26-24-13-17-7-10-19(29-4)12-15(17)3/h5-10,12-14,20H,11H2,1-4H3,(H,25,27)(H,26,28). The molecule has 0 heterocycles. The van der Waals surface area contributed by atoms with Gasteiger partial charge in [-0.25, -0.2) is 5.43 Å². The van der Waals surface area contributed by atoms with Gasteiger partial charge in [0.2, 0.25) is 0 Å². The van der Waals surface area contributed by atoms with Crippen molar-refractivity contribution in [3.63, 3.8) is 0 Å². The van der Waals surface area contributed by atoms with Gasteiger partial charge in [0.15, 0.2) is 0 Å². The second-order valence-corrected chi connectivity index (χ2v) is 7.56. The first-order valence-electron chi connectivity index (χ1n) is 9.34. The van der Waals surface area contributed by atoms with Gasteiger partial charge in [0.1, 0.15) is 11.8 Å². The molecule has 0 aliphatic rings. The van der Waals surface area contributed by atoms with Gasteiger partial charge in [-0.15, -0.1) is 0 Å². The van der Waals surface area contributed by atoms with E-state index in [2.05, 4.69) is 15.8 Å². The highest BCUT2D eigenvalue weighted by atomic mass is 35.5. The minimum absolute atomic E-state index is 0.212. The van der Waals surface area contributed by atoms with Gasteiger partial charge in [-0.05, 0) is 72.9 Å². The van der Waals surface area contributed by atoms with Crippen LogP contribution in [0.15, 0.2) is 47.6 Å². The van der Waals surface area contributed by atoms with Crippen LogP contribution in [-0.2, 0) is 4.79 Å². The minimum atomic E-state index is -0.702. The number of carbonyl (C=O) groups is 2.